The van der Waals surface area contributed by atoms with Crippen molar-refractivity contribution in [1.29, 1.82) is 5.26 Å². The maximum absolute atomic E-state index is 12.2. The van der Waals surface area contributed by atoms with Gasteiger partial charge in [0.2, 0.25) is 0 Å². The van der Waals surface area contributed by atoms with Crippen LogP contribution in [-0.2, 0) is 17.1 Å². The smallest absolute Gasteiger partial charge is 0.387 e. The number of hydrogen-bond acceptors (Lipinski definition) is 3. The Labute approximate surface area is 106 Å². The van der Waals surface area contributed by atoms with E-state index in [-0.39, 0.29) is 28.3 Å². The van der Waals surface area contributed by atoms with E-state index in [2.05, 4.69) is 4.74 Å². The molecule has 0 unspecified atom stereocenters. The number of hydrogen-bond donors (Lipinski definition) is 1. The molecule has 0 aliphatic rings. The Hall–Kier alpha value is -1.87. The maximum atomic E-state index is 12.2. The zero-order chi connectivity index (χ0) is 13.7. The Balaban J connectivity index is 3.27. The van der Waals surface area contributed by atoms with Gasteiger partial charge < -0.3 is 9.84 Å². The van der Waals surface area contributed by atoms with Crippen LogP contribution in [0.1, 0.15) is 16.7 Å². The molecule has 1 aromatic carbocycles. The molecule has 0 radical (unpaired) electrons. The van der Waals surface area contributed by atoms with Crippen molar-refractivity contribution in [2.75, 3.05) is 0 Å². The fourth-order valence-corrected chi connectivity index (χ4v) is 1.69. The molecule has 0 amide bonds. The van der Waals surface area contributed by atoms with Crippen LogP contribution in [0.2, 0.25) is 0 Å². The fourth-order valence-electron chi connectivity index (χ4n) is 1.42. The summed E-state index contributed by atoms with van der Waals surface area (Å²) in [6.45, 7) is -3.07. The molecule has 1 rings (SSSR count). The third-order valence-electron chi connectivity index (χ3n) is 2.09. The van der Waals surface area contributed by atoms with Crippen molar-refractivity contribution in [2.24, 2.45) is 0 Å². The minimum Gasteiger partial charge on any atom is -0.481 e. The van der Waals surface area contributed by atoms with Crippen molar-refractivity contribution in [2.45, 2.75) is 18.9 Å². The average molecular weight is 276 g/mol. The van der Waals surface area contributed by atoms with Crippen LogP contribution in [0.25, 0.3) is 0 Å². The molecule has 1 N–H and O–H groups in total. The summed E-state index contributed by atoms with van der Waals surface area (Å²) >= 11 is 5.57. The summed E-state index contributed by atoms with van der Waals surface area (Å²) < 4.78 is 28.6. The van der Waals surface area contributed by atoms with Crippen LogP contribution >= 0.6 is 11.6 Å². The molecule has 0 saturated heterocycles. The van der Waals surface area contributed by atoms with Gasteiger partial charge in [-0.2, -0.15) is 14.0 Å². The first-order valence-corrected chi connectivity index (χ1v) is 5.29. The van der Waals surface area contributed by atoms with E-state index >= 15 is 0 Å². The van der Waals surface area contributed by atoms with Crippen LogP contribution in [0.5, 0.6) is 5.75 Å². The molecule has 18 heavy (non-hydrogen) atoms. The molecule has 0 aliphatic heterocycles. The number of carbonyl (C=O) groups is 1. The van der Waals surface area contributed by atoms with Crippen molar-refractivity contribution in [1.82, 2.24) is 0 Å². The second-order valence-electron chi connectivity index (χ2n) is 3.31. The van der Waals surface area contributed by atoms with Crippen LogP contribution in [0, 0.1) is 11.3 Å². The van der Waals surface area contributed by atoms with Gasteiger partial charge in [-0.05, 0) is 17.7 Å². The van der Waals surface area contributed by atoms with E-state index in [0.717, 1.165) is 6.07 Å². The van der Waals surface area contributed by atoms with Crippen molar-refractivity contribution in [3.63, 3.8) is 0 Å². The summed E-state index contributed by atoms with van der Waals surface area (Å²) in [5.41, 5.74) is 0.344. The summed E-state index contributed by atoms with van der Waals surface area (Å²) in [4.78, 5) is 10.6. The molecular formula is C11H8ClF2NO3. The minimum absolute atomic E-state index is 0.0272. The standard InChI is InChI=1S/C11H8ClF2NO3/c12-4-8-7(5-15)1-6(3-10(16)17)2-9(8)18-11(13)14/h1-2,11H,3-4H2,(H,16,17). The van der Waals surface area contributed by atoms with Crippen LogP contribution in [0.3, 0.4) is 0 Å². The van der Waals surface area contributed by atoms with E-state index in [0.29, 0.717) is 0 Å². The summed E-state index contributed by atoms with van der Waals surface area (Å²) in [7, 11) is 0. The SMILES string of the molecule is N#Cc1cc(CC(=O)O)cc(OC(F)F)c1CCl. The first-order chi connectivity index (χ1) is 8.47. The molecule has 4 nitrogen and oxygen atoms in total. The minimum atomic E-state index is -3.07. The molecule has 0 aromatic heterocycles. The highest BCUT2D eigenvalue weighted by Gasteiger charge is 2.16. The Morgan fingerprint density at radius 1 is 1.56 bits per heavy atom. The van der Waals surface area contributed by atoms with Gasteiger partial charge in [0.25, 0.3) is 0 Å². The van der Waals surface area contributed by atoms with E-state index in [1.165, 1.54) is 6.07 Å². The number of carboxylic acids is 1. The van der Waals surface area contributed by atoms with Crippen molar-refractivity contribution >= 4 is 17.6 Å². The van der Waals surface area contributed by atoms with Crippen molar-refractivity contribution in [3.8, 4) is 11.8 Å². The van der Waals surface area contributed by atoms with Crippen LogP contribution in [0.4, 0.5) is 8.78 Å². The van der Waals surface area contributed by atoms with Gasteiger partial charge in [0, 0.05) is 5.56 Å². The zero-order valence-corrected chi connectivity index (χ0v) is 9.75. The number of alkyl halides is 3. The van der Waals surface area contributed by atoms with E-state index in [9.17, 15) is 13.6 Å². The van der Waals surface area contributed by atoms with Gasteiger partial charge in [0.1, 0.15) is 5.75 Å². The molecule has 7 heteroatoms. The number of aliphatic carboxylic acids is 1. The lowest BCUT2D eigenvalue weighted by atomic mass is 10.0. The molecule has 0 spiro atoms. The highest BCUT2D eigenvalue weighted by Crippen LogP contribution is 2.28. The van der Waals surface area contributed by atoms with E-state index < -0.39 is 19.0 Å². The highest BCUT2D eigenvalue weighted by molar-refractivity contribution is 6.17. The Morgan fingerprint density at radius 2 is 2.22 bits per heavy atom. The van der Waals surface area contributed by atoms with Gasteiger partial charge in [-0.25, -0.2) is 0 Å². The van der Waals surface area contributed by atoms with Gasteiger partial charge in [-0.3, -0.25) is 4.79 Å². The van der Waals surface area contributed by atoms with Gasteiger partial charge in [0.15, 0.2) is 0 Å². The molecule has 0 heterocycles. The highest BCUT2D eigenvalue weighted by atomic mass is 35.5. The van der Waals surface area contributed by atoms with Crippen LogP contribution < -0.4 is 4.74 Å². The zero-order valence-electron chi connectivity index (χ0n) is 8.99. The van der Waals surface area contributed by atoms with Gasteiger partial charge in [-0.15, -0.1) is 11.6 Å². The normalized spacial score (nSPS) is 10.2. The molecule has 0 atom stereocenters. The number of nitriles is 1. The predicted octanol–water partition coefficient (Wildman–Crippen LogP) is 2.53. The third kappa shape index (κ3) is 3.57. The lowest BCUT2D eigenvalue weighted by molar-refractivity contribution is -0.136. The molecule has 0 bridgehead atoms. The first-order valence-electron chi connectivity index (χ1n) is 4.76. The fraction of sp³-hybridized carbons (Fsp3) is 0.273. The second kappa shape index (κ2) is 6.17. The number of benzene rings is 1. The number of nitrogens with zero attached hydrogens (tertiary/aromatic N) is 1. The average Bonchev–Trinajstić information content (AvgIpc) is 2.26. The summed E-state index contributed by atoms with van der Waals surface area (Å²) in [5.74, 6) is -1.59. The Morgan fingerprint density at radius 3 is 2.67 bits per heavy atom. The van der Waals surface area contributed by atoms with Crippen molar-refractivity contribution in [3.05, 3.63) is 28.8 Å². The molecule has 0 aliphatic carbocycles. The maximum Gasteiger partial charge on any atom is 0.387 e. The Bertz CT molecular complexity index is 500. The quantitative estimate of drug-likeness (QED) is 0.838. The number of halogens is 3. The summed E-state index contributed by atoms with van der Waals surface area (Å²) in [6.07, 6.45) is -0.392. The number of rotatable bonds is 5. The molecular weight excluding hydrogens is 268 g/mol. The van der Waals surface area contributed by atoms with Crippen LogP contribution in [0.15, 0.2) is 12.1 Å². The van der Waals surface area contributed by atoms with E-state index in [1.54, 1.807) is 6.07 Å². The second-order valence-corrected chi connectivity index (χ2v) is 3.58. The van der Waals surface area contributed by atoms with Gasteiger partial charge >= 0.3 is 12.6 Å². The third-order valence-corrected chi connectivity index (χ3v) is 2.36. The summed E-state index contributed by atoms with van der Waals surface area (Å²) in [5, 5.41) is 17.5. The largest absolute Gasteiger partial charge is 0.481 e. The Kier molecular flexibility index (Phi) is 4.86. The topological polar surface area (TPSA) is 70.3 Å². The lowest BCUT2D eigenvalue weighted by Gasteiger charge is -2.12. The summed E-state index contributed by atoms with van der Waals surface area (Å²) in [6, 6.07) is 4.22. The van der Waals surface area contributed by atoms with Crippen molar-refractivity contribution < 1.29 is 23.4 Å². The van der Waals surface area contributed by atoms with Crippen LogP contribution in [-0.4, -0.2) is 17.7 Å². The van der Waals surface area contributed by atoms with Gasteiger partial charge in [0.05, 0.1) is 23.9 Å². The lowest BCUT2D eigenvalue weighted by Crippen LogP contribution is -2.07. The monoisotopic (exact) mass is 275 g/mol. The predicted molar refractivity (Wildman–Crippen MR) is 58.7 cm³/mol. The van der Waals surface area contributed by atoms with E-state index in [1.807, 2.05) is 0 Å². The molecule has 0 fully saturated rings. The first kappa shape index (κ1) is 14.2. The number of ether oxygens (including phenoxy) is 1. The molecule has 1 aromatic rings. The van der Waals surface area contributed by atoms with E-state index in [4.69, 9.17) is 22.0 Å². The molecule has 0 saturated carbocycles. The molecule has 96 valence electrons. The van der Waals surface area contributed by atoms with Gasteiger partial charge in [-0.1, -0.05) is 0 Å². The number of carboxylic acid groups (broad SMARTS) is 1.